The molecule has 0 aliphatic rings. The van der Waals surface area contributed by atoms with Gasteiger partial charge in [-0.2, -0.15) is 4.72 Å². The zero-order chi connectivity index (χ0) is 13.8. The van der Waals surface area contributed by atoms with Crippen molar-refractivity contribution in [3.63, 3.8) is 0 Å². The quantitative estimate of drug-likeness (QED) is 0.775. The second-order valence-electron chi connectivity index (χ2n) is 3.54. The van der Waals surface area contributed by atoms with Gasteiger partial charge in [0, 0.05) is 12.8 Å². The number of carbonyl (C=O) groups excluding carboxylic acids is 1. The van der Waals surface area contributed by atoms with Crippen LogP contribution >= 0.6 is 11.3 Å². The van der Waals surface area contributed by atoms with Gasteiger partial charge in [-0.25, -0.2) is 8.42 Å². The lowest BCUT2D eigenvalue weighted by molar-refractivity contribution is -0.140. The molecule has 1 heterocycles. The van der Waals surface area contributed by atoms with E-state index in [1.165, 1.54) is 6.07 Å². The van der Waals surface area contributed by atoms with Crippen LogP contribution in [0.1, 0.15) is 19.8 Å². The van der Waals surface area contributed by atoms with Crippen molar-refractivity contribution in [3.8, 4) is 0 Å². The summed E-state index contributed by atoms with van der Waals surface area (Å²) in [4.78, 5) is 22.1. The van der Waals surface area contributed by atoms with Crippen molar-refractivity contribution in [2.45, 2.75) is 30.0 Å². The minimum absolute atomic E-state index is 0.0256. The fourth-order valence-corrected chi connectivity index (χ4v) is 3.41. The van der Waals surface area contributed by atoms with Gasteiger partial charge in [0.05, 0.1) is 0 Å². The number of sulfonamides is 1. The molecule has 6 nitrogen and oxygen atoms in total. The summed E-state index contributed by atoms with van der Waals surface area (Å²) in [7, 11) is -3.88. The summed E-state index contributed by atoms with van der Waals surface area (Å²) in [5.74, 6) is -1.67. The standard InChI is InChI=1S/C10H13NO5S2/c1-2-7(12)6-8(10(13)14)11-18(15,16)9-4-3-5-17-9/h3-5,8,11H,2,6H2,1H3,(H,13,14). The van der Waals surface area contributed by atoms with Crippen LogP contribution in [-0.2, 0) is 19.6 Å². The molecular formula is C10H13NO5S2. The topological polar surface area (TPSA) is 101 Å². The molecule has 0 aliphatic carbocycles. The zero-order valence-corrected chi connectivity index (χ0v) is 11.3. The molecule has 1 atom stereocenters. The van der Waals surface area contributed by atoms with Crippen molar-refractivity contribution in [1.29, 1.82) is 0 Å². The molecular weight excluding hydrogens is 278 g/mol. The summed E-state index contributed by atoms with van der Waals surface area (Å²) >= 11 is 0.980. The Bertz CT molecular complexity index is 520. The molecule has 0 saturated carbocycles. The number of carbonyl (C=O) groups is 2. The van der Waals surface area contributed by atoms with Crippen molar-refractivity contribution in [2.24, 2.45) is 0 Å². The summed E-state index contributed by atoms with van der Waals surface area (Å²) in [6, 6.07) is 1.49. The lowest BCUT2D eigenvalue weighted by Gasteiger charge is -2.12. The van der Waals surface area contributed by atoms with Gasteiger partial charge in [-0.3, -0.25) is 9.59 Å². The highest BCUT2D eigenvalue weighted by atomic mass is 32.2. The van der Waals surface area contributed by atoms with E-state index in [0.29, 0.717) is 0 Å². The summed E-state index contributed by atoms with van der Waals surface area (Å²) < 4.78 is 25.7. The van der Waals surface area contributed by atoms with Crippen LogP contribution in [0.25, 0.3) is 0 Å². The Morgan fingerprint density at radius 3 is 2.61 bits per heavy atom. The highest BCUT2D eigenvalue weighted by Gasteiger charge is 2.27. The van der Waals surface area contributed by atoms with Crippen LogP contribution in [0, 0.1) is 0 Å². The molecule has 0 fully saturated rings. The third-order valence-corrected chi connectivity index (χ3v) is 5.05. The monoisotopic (exact) mass is 291 g/mol. The number of hydrogen-bond acceptors (Lipinski definition) is 5. The average molecular weight is 291 g/mol. The number of ketones is 1. The molecule has 0 radical (unpaired) electrons. The first-order valence-electron chi connectivity index (χ1n) is 5.17. The van der Waals surface area contributed by atoms with E-state index in [4.69, 9.17) is 5.11 Å². The van der Waals surface area contributed by atoms with E-state index in [1.807, 2.05) is 4.72 Å². The lowest BCUT2D eigenvalue weighted by Crippen LogP contribution is -2.41. The predicted octanol–water partition coefficient (Wildman–Crippen LogP) is 0.849. The number of rotatable bonds is 7. The molecule has 1 unspecified atom stereocenters. The van der Waals surface area contributed by atoms with Crippen LogP contribution < -0.4 is 4.72 Å². The van der Waals surface area contributed by atoms with Gasteiger partial charge in [0.2, 0.25) is 0 Å². The van der Waals surface area contributed by atoms with Crippen molar-refractivity contribution >= 4 is 33.1 Å². The van der Waals surface area contributed by atoms with E-state index < -0.39 is 22.0 Å². The fourth-order valence-electron chi connectivity index (χ4n) is 1.21. The van der Waals surface area contributed by atoms with Gasteiger partial charge in [-0.1, -0.05) is 13.0 Å². The van der Waals surface area contributed by atoms with Crippen LogP contribution in [0.5, 0.6) is 0 Å². The maximum absolute atomic E-state index is 11.8. The molecule has 1 rings (SSSR count). The van der Waals surface area contributed by atoms with E-state index >= 15 is 0 Å². The minimum atomic E-state index is -3.88. The molecule has 0 amide bonds. The molecule has 2 N–H and O–H groups in total. The molecule has 0 spiro atoms. The number of nitrogens with one attached hydrogen (secondary N) is 1. The molecule has 0 aromatic carbocycles. The predicted molar refractivity (Wildman–Crippen MR) is 66.0 cm³/mol. The third kappa shape index (κ3) is 3.90. The van der Waals surface area contributed by atoms with Gasteiger partial charge in [0.15, 0.2) is 0 Å². The highest BCUT2D eigenvalue weighted by Crippen LogP contribution is 2.16. The van der Waals surface area contributed by atoms with Crippen molar-refractivity contribution in [3.05, 3.63) is 17.5 Å². The van der Waals surface area contributed by atoms with Gasteiger partial charge in [0.25, 0.3) is 10.0 Å². The van der Waals surface area contributed by atoms with Crippen LogP contribution in [0.2, 0.25) is 0 Å². The van der Waals surface area contributed by atoms with E-state index in [2.05, 4.69) is 0 Å². The van der Waals surface area contributed by atoms with Crippen molar-refractivity contribution in [1.82, 2.24) is 4.72 Å². The molecule has 1 aromatic heterocycles. The first-order valence-corrected chi connectivity index (χ1v) is 7.53. The van der Waals surface area contributed by atoms with E-state index in [9.17, 15) is 18.0 Å². The zero-order valence-electron chi connectivity index (χ0n) is 9.62. The van der Waals surface area contributed by atoms with Crippen LogP contribution in [0.15, 0.2) is 21.7 Å². The fraction of sp³-hybridized carbons (Fsp3) is 0.400. The Labute approximate surface area is 109 Å². The Morgan fingerprint density at radius 1 is 1.50 bits per heavy atom. The molecule has 100 valence electrons. The second-order valence-corrected chi connectivity index (χ2v) is 6.43. The summed E-state index contributed by atoms with van der Waals surface area (Å²) in [5, 5.41) is 10.5. The van der Waals surface area contributed by atoms with E-state index in [0.717, 1.165) is 11.3 Å². The first-order chi connectivity index (χ1) is 8.36. The summed E-state index contributed by atoms with van der Waals surface area (Å²) in [5.41, 5.74) is 0. The maximum atomic E-state index is 11.8. The van der Waals surface area contributed by atoms with Gasteiger partial charge >= 0.3 is 5.97 Å². The van der Waals surface area contributed by atoms with Crippen molar-refractivity contribution < 1.29 is 23.1 Å². The smallest absolute Gasteiger partial charge is 0.322 e. The Balaban J connectivity index is 2.85. The van der Waals surface area contributed by atoms with Gasteiger partial charge in [-0.15, -0.1) is 11.3 Å². The summed E-state index contributed by atoms with van der Waals surface area (Å²) in [6.45, 7) is 1.59. The van der Waals surface area contributed by atoms with Gasteiger partial charge in [-0.05, 0) is 11.4 Å². The second kappa shape index (κ2) is 6.07. The molecule has 0 aliphatic heterocycles. The van der Waals surface area contributed by atoms with Crippen LogP contribution in [0.3, 0.4) is 0 Å². The molecule has 0 bridgehead atoms. The first kappa shape index (κ1) is 14.8. The Hall–Kier alpha value is -1.25. The third-order valence-electron chi connectivity index (χ3n) is 2.18. The normalized spacial score (nSPS) is 13.2. The number of aliphatic carboxylic acids is 1. The van der Waals surface area contributed by atoms with Crippen LogP contribution in [-0.4, -0.2) is 31.3 Å². The Morgan fingerprint density at radius 2 is 2.17 bits per heavy atom. The molecule has 0 saturated heterocycles. The Kier molecular flexibility index (Phi) is 5.00. The number of carboxylic acid groups (broad SMARTS) is 1. The van der Waals surface area contributed by atoms with E-state index in [1.54, 1.807) is 18.4 Å². The molecule has 18 heavy (non-hydrogen) atoms. The number of thiophene rings is 1. The number of carboxylic acids is 1. The largest absolute Gasteiger partial charge is 0.480 e. The van der Waals surface area contributed by atoms with Crippen LogP contribution in [0.4, 0.5) is 0 Å². The van der Waals surface area contributed by atoms with Crippen molar-refractivity contribution in [2.75, 3.05) is 0 Å². The summed E-state index contributed by atoms with van der Waals surface area (Å²) in [6.07, 6.45) is -0.180. The average Bonchev–Trinajstić information content (AvgIpc) is 2.81. The maximum Gasteiger partial charge on any atom is 0.322 e. The van der Waals surface area contributed by atoms with Gasteiger partial charge in [0.1, 0.15) is 16.0 Å². The highest BCUT2D eigenvalue weighted by molar-refractivity contribution is 7.91. The number of Topliss-reactive ketones (excluding diaryl/α,β-unsaturated/α-hetero) is 1. The molecule has 1 aromatic rings. The van der Waals surface area contributed by atoms with Gasteiger partial charge < -0.3 is 5.11 Å². The molecule has 8 heteroatoms. The minimum Gasteiger partial charge on any atom is -0.480 e. The lowest BCUT2D eigenvalue weighted by atomic mass is 10.1. The SMILES string of the molecule is CCC(=O)CC(NS(=O)(=O)c1cccs1)C(=O)O. The van der Waals surface area contributed by atoms with E-state index in [-0.39, 0.29) is 22.8 Å². The number of hydrogen-bond donors (Lipinski definition) is 2.